The van der Waals surface area contributed by atoms with E-state index in [9.17, 15) is 18.4 Å². The van der Waals surface area contributed by atoms with Crippen molar-refractivity contribution < 1.29 is 18.4 Å². The van der Waals surface area contributed by atoms with Crippen LogP contribution in [0.5, 0.6) is 0 Å². The summed E-state index contributed by atoms with van der Waals surface area (Å²) in [5, 5.41) is 11.4. The molecule has 1 aliphatic heterocycles. The van der Waals surface area contributed by atoms with Gasteiger partial charge in [0.15, 0.2) is 0 Å². The average Bonchev–Trinajstić information content (AvgIpc) is 2.77. The molecule has 1 fully saturated rings. The summed E-state index contributed by atoms with van der Waals surface area (Å²) in [7, 11) is -3.93. The minimum absolute atomic E-state index is 0.120. The highest BCUT2D eigenvalue weighted by Crippen LogP contribution is 2.38. The van der Waals surface area contributed by atoms with Gasteiger partial charge in [0.1, 0.15) is 6.04 Å². The lowest BCUT2D eigenvalue weighted by Gasteiger charge is -2.43. The predicted molar refractivity (Wildman–Crippen MR) is 124 cm³/mol. The maximum Gasteiger partial charge on any atom is 0.263 e. The fraction of sp³-hybridized carbons (Fsp3) is 0.261. The average molecular weight is 457 g/mol. The Hall–Kier alpha value is -2.39. The number of benzene rings is 3. The molecule has 0 aliphatic carbocycles. The summed E-state index contributed by atoms with van der Waals surface area (Å²) in [6.07, 6.45) is 0. The second-order valence-corrected chi connectivity index (χ2v) is 11.6. The van der Waals surface area contributed by atoms with Crippen molar-refractivity contribution in [2.24, 2.45) is 0 Å². The molecule has 1 saturated heterocycles. The van der Waals surface area contributed by atoms with Crippen LogP contribution in [0.25, 0.3) is 21.9 Å². The molecule has 2 N–H and O–H groups in total. The quantitative estimate of drug-likeness (QED) is 0.459. The number of nitrogens with zero attached hydrogens (tertiary/aromatic N) is 1. The number of hydrogen-bond donors (Lipinski definition) is 2. The van der Waals surface area contributed by atoms with E-state index in [0.29, 0.717) is 5.75 Å². The van der Waals surface area contributed by atoms with Crippen LogP contribution < -0.4 is 5.48 Å². The van der Waals surface area contributed by atoms with Crippen molar-refractivity contribution in [1.29, 1.82) is 0 Å². The monoisotopic (exact) mass is 456 g/mol. The maximum atomic E-state index is 13.4. The molecule has 3 aromatic carbocycles. The Balaban J connectivity index is 1.72. The Bertz CT molecular complexity index is 1220. The lowest BCUT2D eigenvalue weighted by molar-refractivity contribution is -0.134. The van der Waals surface area contributed by atoms with Crippen LogP contribution in [-0.4, -0.2) is 46.9 Å². The first-order valence-corrected chi connectivity index (χ1v) is 12.4. The maximum absolute atomic E-state index is 13.4. The van der Waals surface area contributed by atoms with Crippen molar-refractivity contribution in [2.75, 3.05) is 12.3 Å². The number of thioether (sulfide) groups is 1. The van der Waals surface area contributed by atoms with Gasteiger partial charge in [-0.2, -0.15) is 16.1 Å². The van der Waals surface area contributed by atoms with Crippen molar-refractivity contribution in [3.8, 4) is 11.1 Å². The zero-order valence-corrected chi connectivity index (χ0v) is 18.9. The van der Waals surface area contributed by atoms with Gasteiger partial charge in [-0.1, -0.05) is 54.6 Å². The van der Waals surface area contributed by atoms with Gasteiger partial charge in [0, 0.05) is 17.0 Å². The second-order valence-electron chi connectivity index (χ2n) is 8.00. The van der Waals surface area contributed by atoms with Gasteiger partial charge in [0.05, 0.1) is 4.90 Å². The zero-order valence-electron chi connectivity index (χ0n) is 17.3. The molecule has 1 heterocycles. The van der Waals surface area contributed by atoms with Gasteiger partial charge in [-0.25, -0.2) is 13.9 Å². The van der Waals surface area contributed by atoms with Gasteiger partial charge in [-0.15, -0.1) is 0 Å². The van der Waals surface area contributed by atoms with E-state index in [0.717, 1.165) is 21.9 Å². The number of sulfonamides is 1. The number of amides is 1. The molecule has 0 bridgehead atoms. The summed E-state index contributed by atoms with van der Waals surface area (Å²) in [6.45, 7) is 3.81. The molecule has 0 aromatic heterocycles. The Morgan fingerprint density at radius 1 is 1.06 bits per heavy atom. The molecule has 0 radical (unpaired) electrons. The van der Waals surface area contributed by atoms with E-state index in [-0.39, 0.29) is 11.4 Å². The van der Waals surface area contributed by atoms with Gasteiger partial charge in [-0.05, 0) is 47.9 Å². The van der Waals surface area contributed by atoms with Crippen LogP contribution in [0.3, 0.4) is 0 Å². The van der Waals surface area contributed by atoms with Gasteiger partial charge >= 0.3 is 0 Å². The Morgan fingerprint density at radius 3 is 2.45 bits per heavy atom. The Kier molecular flexibility index (Phi) is 5.83. The van der Waals surface area contributed by atoms with Gasteiger partial charge < -0.3 is 0 Å². The Morgan fingerprint density at radius 2 is 1.74 bits per heavy atom. The third-order valence-corrected chi connectivity index (χ3v) is 8.89. The molecule has 0 saturated carbocycles. The number of fused-ring (bicyclic) bond motifs is 1. The van der Waals surface area contributed by atoms with Crippen LogP contribution in [-0.2, 0) is 14.8 Å². The second kappa shape index (κ2) is 8.27. The third-order valence-electron chi connectivity index (χ3n) is 5.65. The molecular formula is C23H24N2O4S2. The van der Waals surface area contributed by atoms with Crippen LogP contribution in [0.2, 0.25) is 0 Å². The molecule has 1 aliphatic rings. The third kappa shape index (κ3) is 3.96. The minimum Gasteiger partial charge on any atom is -0.289 e. The summed E-state index contributed by atoms with van der Waals surface area (Å²) < 4.78 is 27.4. The first kappa shape index (κ1) is 21.8. The summed E-state index contributed by atoms with van der Waals surface area (Å²) in [4.78, 5) is 12.5. The molecule has 1 atom stereocenters. The van der Waals surface area contributed by atoms with E-state index in [1.807, 2.05) is 56.3 Å². The number of carbonyl (C=O) groups is 1. The summed E-state index contributed by atoms with van der Waals surface area (Å²) in [5.41, 5.74) is 3.57. The van der Waals surface area contributed by atoms with E-state index in [2.05, 4.69) is 0 Å². The van der Waals surface area contributed by atoms with Crippen LogP contribution in [0.1, 0.15) is 13.8 Å². The number of rotatable bonds is 4. The zero-order chi connectivity index (χ0) is 22.2. The van der Waals surface area contributed by atoms with Gasteiger partial charge in [-0.3, -0.25) is 10.0 Å². The smallest absolute Gasteiger partial charge is 0.263 e. The molecule has 1 amide bonds. The van der Waals surface area contributed by atoms with Crippen molar-refractivity contribution >= 4 is 38.5 Å². The van der Waals surface area contributed by atoms with Gasteiger partial charge in [0.2, 0.25) is 10.0 Å². The van der Waals surface area contributed by atoms with Crippen LogP contribution >= 0.6 is 11.8 Å². The standard InChI is InChI=1S/C23H24N2O4S2/c1-23(2)21(22(26)24-27)25(14-15-30-23)31(28,29)18-12-10-17(11-13-18)20-9-5-7-16-6-3-4-8-19(16)20/h3-13,21,27H,14-15H2,1-2H3,(H,24,26)/t21-/m0/s1. The van der Waals surface area contributed by atoms with Crippen molar-refractivity contribution in [3.05, 3.63) is 66.7 Å². The molecule has 0 spiro atoms. The fourth-order valence-corrected chi connectivity index (χ4v) is 7.25. The SMILES string of the molecule is CC1(C)SCCN(S(=O)(=O)c2ccc(-c3cccc4ccccc34)cc2)[C@H]1C(=O)NO. The molecule has 0 unspecified atom stereocenters. The van der Waals surface area contributed by atoms with Crippen molar-refractivity contribution in [1.82, 2.24) is 9.79 Å². The van der Waals surface area contributed by atoms with Crippen LogP contribution in [0, 0.1) is 0 Å². The number of hydroxylamine groups is 1. The minimum atomic E-state index is -3.93. The van der Waals surface area contributed by atoms with E-state index in [4.69, 9.17) is 0 Å². The number of nitrogens with one attached hydrogen (secondary N) is 1. The van der Waals surface area contributed by atoms with E-state index >= 15 is 0 Å². The Labute approximate surface area is 186 Å². The first-order valence-electron chi connectivity index (χ1n) is 9.94. The molecular weight excluding hydrogens is 432 g/mol. The van der Waals surface area contributed by atoms with E-state index < -0.39 is 26.7 Å². The van der Waals surface area contributed by atoms with Crippen LogP contribution in [0.15, 0.2) is 71.6 Å². The predicted octanol–water partition coefficient (Wildman–Crippen LogP) is 3.90. The van der Waals surface area contributed by atoms with Crippen molar-refractivity contribution in [3.63, 3.8) is 0 Å². The van der Waals surface area contributed by atoms with E-state index in [1.165, 1.54) is 16.1 Å². The summed E-state index contributed by atoms with van der Waals surface area (Å²) in [6, 6.07) is 19.8. The molecule has 162 valence electrons. The largest absolute Gasteiger partial charge is 0.289 e. The highest BCUT2D eigenvalue weighted by molar-refractivity contribution is 8.00. The van der Waals surface area contributed by atoms with Gasteiger partial charge in [0.25, 0.3) is 5.91 Å². The normalized spacial score (nSPS) is 19.3. The highest BCUT2D eigenvalue weighted by Gasteiger charge is 2.48. The molecule has 31 heavy (non-hydrogen) atoms. The molecule has 3 aromatic rings. The van der Waals surface area contributed by atoms with E-state index in [1.54, 1.807) is 29.7 Å². The molecule has 8 heteroatoms. The highest BCUT2D eigenvalue weighted by atomic mass is 32.2. The summed E-state index contributed by atoms with van der Waals surface area (Å²) >= 11 is 1.51. The van der Waals surface area contributed by atoms with Crippen LogP contribution in [0.4, 0.5) is 0 Å². The number of hydrogen-bond acceptors (Lipinski definition) is 5. The molecule has 4 rings (SSSR count). The lowest BCUT2D eigenvalue weighted by atomic mass is 9.98. The lowest BCUT2D eigenvalue weighted by Crippen LogP contribution is -2.61. The first-order chi connectivity index (χ1) is 14.8. The molecule has 6 nitrogen and oxygen atoms in total. The fourth-order valence-electron chi connectivity index (χ4n) is 4.14. The topological polar surface area (TPSA) is 86.7 Å². The van der Waals surface area contributed by atoms with Crippen molar-refractivity contribution in [2.45, 2.75) is 29.5 Å². The summed E-state index contributed by atoms with van der Waals surface area (Å²) in [5.74, 6) is -0.164. The number of carbonyl (C=O) groups excluding carboxylic acids is 1.